The van der Waals surface area contributed by atoms with Gasteiger partial charge in [0.15, 0.2) is 0 Å². The first kappa shape index (κ1) is 28.0. The SMILES string of the molecule is CCCCOc1ccc(/C=C/c2cc(SC)c(/C=C/c3ccc(OCCCC)cc3)cc2SC)cc1. The van der Waals surface area contributed by atoms with E-state index in [0.717, 1.165) is 50.4 Å². The highest BCUT2D eigenvalue weighted by molar-refractivity contribution is 7.99. The van der Waals surface area contributed by atoms with Crippen molar-refractivity contribution in [2.45, 2.75) is 49.3 Å². The fraction of sp³-hybridized carbons (Fsp3) is 0.312. The molecule has 0 aromatic heterocycles. The molecule has 0 heterocycles. The lowest BCUT2D eigenvalue weighted by Gasteiger charge is -2.10. The van der Waals surface area contributed by atoms with Crippen LogP contribution < -0.4 is 9.47 Å². The Labute approximate surface area is 226 Å². The molecular formula is C32H38O2S2. The van der Waals surface area contributed by atoms with Crippen molar-refractivity contribution >= 4 is 47.8 Å². The van der Waals surface area contributed by atoms with Crippen molar-refractivity contribution in [3.63, 3.8) is 0 Å². The highest BCUT2D eigenvalue weighted by Gasteiger charge is 2.06. The van der Waals surface area contributed by atoms with E-state index in [0.29, 0.717) is 0 Å². The number of hydrogen-bond acceptors (Lipinski definition) is 4. The van der Waals surface area contributed by atoms with Crippen molar-refractivity contribution in [1.29, 1.82) is 0 Å². The van der Waals surface area contributed by atoms with Gasteiger partial charge in [-0.2, -0.15) is 0 Å². The Morgan fingerprint density at radius 3 is 1.31 bits per heavy atom. The molecule has 0 amide bonds. The topological polar surface area (TPSA) is 18.5 Å². The third-order valence-corrected chi connectivity index (χ3v) is 7.37. The Morgan fingerprint density at radius 2 is 0.972 bits per heavy atom. The smallest absolute Gasteiger partial charge is 0.119 e. The molecule has 2 nitrogen and oxygen atoms in total. The van der Waals surface area contributed by atoms with E-state index in [2.05, 4.69) is 111 Å². The van der Waals surface area contributed by atoms with Gasteiger partial charge in [-0.3, -0.25) is 0 Å². The molecule has 190 valence electrons. The molecule has 0 saturated carbocycles. The molecule has 0 spiro atoms. The first-order valence-electron chi connectivity index (χ1n) is 12.7. The van der Waals surface area contributed by atoms with Crippen LogP contribution in [0.25, 0.3) is 24.3 Å². The zero-order valence-electron chi connectivity index (χ0n) is 22.0. The number of hydrogen-bond donors (Lipinski definition) is 0. The molecule has 0 saturated heterocycles. The Balaban J connectivity index is 1.72. The normalized spacial score (nSPS) is 11.4. The molecule has 3 rings (SSSR count). The summed E-state index contributed by atoms with van der Waals surface area (Å²) in [6.45, 7) is 5.91. The van der Waals surface area contributed by atoms with Crippen LogP contribution in [0.3, 0.4) is 0 Å². The van der Waals surface area contributed by atoms with E-state index in [9.17, 15) is 0 Å². The van der Waals surface area contributed by atoms with Crippen LogP contribution in [0.1, 0.15) is 61.8 Å². The molecule has 0 unspecified atom stereocenters. The van der Waals surface area contributed by atoms with Crippen molar-refractivity contribution in [3.05, 3.63) is 82.9 Å². The second-order valence-electron chi connectivity index (χ2n) is 8.54. The van der Waals surface area contributed by atoms with Crippen molar-refractivity contribution < 1.29 is 9.47 Å². The zero-order chi connectivity index (χ0) is 25.6. The van der Waals surface area contributed by atoms with Gasteiger partial charge in [0, 0.05) is 9.79 Å². The maximum Gasteiger partial charge on any atom is 0.119 e. The monoisotopic (exact) mass is 518 g/mol. The van der Waals surface area contributed by atoms with Crippen LogP contribution in [-0.4, -0.2) is 25.7 Å². The minimum absolute atomic E-state index is 0.778. The van der Waals surface area contributed by atoms with Crippen LogP contribution in [0.5, 0.6) is 11.5 Å². The summed E-state index contributed by atoms with van der Waals surface area (Å²) in [5.74, 6) is 1.87. The number of ether oxygens (including phenoxy) is 2. The quantitative estimate of drug-likeness (QED) is 0.120. The molecule has 0 fully saturated rings. The van der Waals surface area contributed by atoms with E-state index in [4.69, 9.17) is 9.47 Å². The van der Waals surface area contributed by atoms with Crippen molar-refractivity contribution in [2.24, 2.45) is 0 Å². The average Bonchev–Trinajstić information content (AvgIpc) is 2.92. The molecule has 3 aromatic rings. The minimum atomic E-state index is 0.778. The van der Waals surface area contributed by atoms with Crippen LogP contribution in [0.15, 0.2) is 70.5 Å². The van der Waals surface area contributed by atoms with Gasteiger partial charge >= 0.3 is 0 Å². The number of thioether (sulfide) groups is 2. The van der Waals surface area contributed by atoms with E-state index in [-0.39, 0.29) is 0 Å². The maximum atomic E-state index is 5.78. The molecule has 0 aliphatic rings. The fourth-order valence-corrected chi connectivity index (χ4v) is 4.81. The summed E-state index contributed by atoms with van der Waals surface area (Å²) >= 11 is 3.56. The van der Waals surface area contributed by atoms with Gasteiger partial charge in [-0.05, 0) is 84.0 Å². The lowest BCUT2D eigenvalue weighted by atomic mass is 10.1. The van der Waals surface area contributed by atoms with Crippen LogP contribution >= 0.6 is 23.5 Å². The van der Waals surface area contributed by atoms with Crippen molar-refractivity contribution in [3.8, 4) is 11.5 Å². The van der Waals surface area contributed by atoms with Crippen molar-refractivity contribution in [2.75, 3.05) is 25.7 Å². The zero-order valence-corrected chi connectivity index (χ0v) is 23.6. The minimum Gasteiger partial charge on any atom is -0.494 e. The first-order chi connectivity index (χ1) is 17.7. The maximum absolute atomic E-state index is 5.78. The van der Waals surface area contributed by atoms with E-state index in [1.807, 2.05) is 0 Å². The van der Waals surface area contributed by atoms with Crippen molar-refractivity contribution in [1.82, 2.24) is 0 Å². The molecule has 36 heavy (non-hydrogen) atoms. The Hall–Kier alpha value is -2.56. The molecule has 0 atom stereocenters. The summed E-state index contributed by atoms with van der Waals surface area (Å²) in [7, 11) is 0. The van der Waals surface area contributed by atoms with E-state index in [1.165, 1.54) is 32.0 Å². The molecule has 0 N–H and O–H groups in total. The second-order valence-corrected chi connectivity index (χ2v) is 10.2. The third kappa shape index (κ3) is 8.83. The van der Waals surface area contributed by atoms with Crippen LogP contribution in [0, 0.1) is 0 Å². The first-order valence-corrected chi connectivity index (χ1v) is 15.2. The molecular weight excluding hydrogens is 480 g/mol. The van der Waals surface area contributed by atoms with E-state index < -0.39 is 0 Å². The summed E-state index contributed by atoms with van der Waals surface area (Å²) in [5, 5.41) is 0. The largest absolute Gasteiger partial charge is 0.494 e. The predicted octanol–water partition coefficient (Wildman–Crippen LogP) is 9.83. The van der Waals surface area contributed by atoms with Gasteiger partial charge in [0.2, 0.25) is 0 Å². The molecule has 4 heteroatoms. The van der Waals surface area contributed by atoms with Gasteiger partial charge in [-0.15, -0.1) is 23.5 Å². The van der Waals surface area contributed by atoms with Crippen LogP contribution in [0.2, 0.25) is 0 Å². The molecule has 3 aromatic carbocycles. The van der Waals surface area contributed by atoms with Crippen LogP contribution in [-0.2, 0) is 0 Å². The van der Waals surface area contributed by atoms with Crippen LogP contribution in [0.4, 0.5) is 0 Å². The van der Waals surface area contributed by atoms with Gasteiger partial charge in [0.05, 0.1) is 13.2 Å². The summed E-state index contributed by atoms with van der Waals surface area (Å²) in [6.07, 6.45) is 17.5. The lowest BCUT2D eigenvalue weighted by Crippen LogP contribution is -1.95. The molecule has 0 radical (unpaired) electrons. The van der Waals surface area contributed by atoms with Gasteiger partial charge < -0.3 is 9.47 Å². The van der Waals surface area contributed by atoms with Gasteiger partial charge in [0.1, 0.15) is 11.5 Å². The summed E-state index contributed by atoms with van der Waals surface area (Å²) in [4.78, 5) is 2.53. The highest BCUT2D eigenvalue weighted by Crippen LogP contribution is 2.32. The molecule has 0 aliphatic heterocycles. The standard InChI is InChI=1S/C32H38O2S2/c1-5-7-21-33-29-17-11-25(12-18-29)9-15-27-23-32(36-4)28(24-31(27)35-3)16-10-26-13-19-30(20-14-26)34-22-8-6-2/h9-20,23-24H,5-8,21-22H2,1-4H3/b15-9+,16-10+. The van der Waals surface area contributed by atoms with Gasteiger partial charge in [-0.1, -0.05) is 75.3 Å². The third-order valence-electron chi connectivity index (χ3n) is 5.79. The summed E-state index contributed by atoms with van der Waals surface area (Å²) in [5.41, 5.74) is 4.81. The average molecular weight is 519 g/mol. The Morgan fingerprint density at radius 1 is 0.583 bits per heavy atom. The Bertz CT molecular complexity index is 1020. The molecule has 0 aliphatic carbocycles. The van der Waals surface area contributed by atoms with E-state index >= 15 is 0 Å². The second kappa shape index (κ2) is 15.5. The van der Waals surface area contributed by atoms with Gasteiger partial charge in [0.25, 0.3) is 0 Å². The lowest BCUT2D eigenvalue weighted by molar-refractivity contribution is 0.309. The van der Waals surface area contributed by atoms with Gasteiger partial charge in [-0.25, -0.2) is 0 Å². The summed E-state index contributed by atoms with van der Waals surface area (Å²) < 4.78 is 11.6. The highest BCUT2D eigenvalue weighted by atomic mass is 32.2. The fourth-order valence-electron chi connectivity index (χ4n) is 3.60. The number of rotatable bonds is 14. The van der Waals surface area contributed by atoms with E-state index in [1.54, 1.807) is 23.5 Å². The number of benzene rings is 3. The predicted molar refractivity (Wildman–Crippen MR) is 162 cm³/mol. The molecule has 0 bridgehead atoms. The number of unbranched alkanes of at least 4 members (excludes halogenated alkanes) is 2. The summed E-state index contributed by atoms with van der Waals surface area (Å²) in [6, 6.07) is 21.2. The Kier molecular flexibility index (Phi) is 12.1.